The molecule has 0 saturated heterocycles. The number of nitrogens with zero attached hydrogens (tertiary/aromatic N) is 2. The molecule has 0 fully saturated rings. The van der Waals surface area contributed by atoms with Gasteiger partial charge in [-0.25, -0.2) is 4.68 Å². The number of carbonyl (C=O) groups excluding carboxylic acids is 1. The summed E-state index contributed by atoms with van der Waals surface area (Å²) in [4.78, 5) is 11.3. The second-order valence-electron chi connectivity index (χ2n) is 5.03. The van der Waals surface area contributed by atoms with Crippen molar-refractivity contribution in [1.82, 2.24) is 9.78 Å². The molecule has 0 spiro atoms. The summed E-state index contributed by atoms with van der Waals surface area (Å²) < 4.78 is 38.7. The molecule has 25 heavy (non-hydrogen) atoms. The van der Waals surface area contributed by atoms with Gasteiger partial charge < -0.3 is 16.6 Å². The number of aliphatic hydroxyl groups is 1. The number of alkyl halides is 3. The molecule has 9 heteroatoms. The fourth-order valence-corrected chi connectivity index (χ4v) is 2.21. The number of rotatable bonds is 4. The smallest absolute Gasteiger partial charge is 0.386 e. The maximum absolute atomic E-state index is 12.5. The lowest BCUT2D eigenvalue weighted by Gasteiger charge is -2.14. The fraction of sp³-hybridized carbons (Fsp3) is 0.375. The minimum atomic E-state index is -4.44. The quantitative estimate of drug-likeness (QED) is 0.781. The number of hydrogen-bond acceptors (Lipinski definition) is 4. The first kappa shape index (κ1) is 20.5. The number of hydrogen-bond donors (Lipinski definition) is 3. The number of aliphatic hydroxyl groups excluding tert-OH is 1. The first-order chi connectivity index (χ1) is 11.6. The van der Waals surface area contributed by atoms with Crippen molar-refractivity contribution in [3.63, 3.8) is 0 Å². The van der Waals surface area contributed by atoms with Crippen molar-refractivity contribution >= 4 is 11.7 Å². The summed E-state index contributed by atoms with van der Waals surface area (Å²) in [6.07, 6.45) is -5.58. The fourth-order valence-electron chi connectivity index (χ4n) is 2.21. The van der Waals surface area contributed by atoms with Crippen molar-refractivity contribution < 1.29 is 23.1 Å². The van der Waals surface area contributed by atoms with Crippen LogP contribution in [0.25, 0.3) is 0 Å². The molecule has 1 atom stereocenters. The van der Waals surface area contributed by atoms with E-state index in [-0.39, 0.29) is 23.5 Å². The Morgan fingerprint density at radius 1 is 1.28 bits per heavy atom. The predicted molar refractivity (Wildman–Crippen MR) is 87.6 cm³/mol. The molecule has 1 unspecified atom stereocenters. The molecule has 0 bridgehead atoms. The Labute approximate surface area is 143 Å². The molecular formula is C16H21F3N4O2. The molecule has 0 aliphatic heterocycles. The zero-order valence-electron chi connectivity index (χ0n) is 14.1. The summed E-state index contributed by atoms with van der Waals surface area (Å²) in [5, 5.41) is 14.1. The van der Waals surface area contributed by atoms with Crippen LogP contribution in [0.5, 0.6) is 0 Å². The molecule has 0 aliphatic rings. The number of carbonyl (C=O) groups is 1. The molecule has 0 aliphatic carbocycles. The van der Waals surface area contributed by atoms with Gasteiger partial charge in [0.2, 0.25) is 0 Å². The van der Waals surface area contributed by atoms with Crippen LogP contribution in [0.2, 0.25) is 0 Å². The van der Waals surface area contributed by atoms with Crippen molar-refractivity contribution in [3.05, 3.63) is 46.6 Å². The number of nitrogens with two attached hydrogens (primary N) is 2. The summed E-state index contributed by atoms with van der Waals surface area (Å²) in [7, 11) is 0. The molecule has 138 valence electrons. The van der Waals surface area contributed by atoms with E-state index in [4.69, 9.17) is 11.5 Å². The second kappa shape index (κ2) is 8.02. The highest BCUT2D eigenvalue weighted by Gasteiger charge is 2.30. The van der Waals surface area contributed by atoms with Crippen LogP contribution in [0.15, 0.2) is 24.3 Å². The lowest BCUT2D eigenvalue weighted by atomic mass is 10.1. The summed E-state index contributed by atoms with van der Waals surface area (Å²) in [6, 6.07) is 4.11. The molecule has 2 aromatic rings. The van der Waals surface area contributed by atoms with E-state index < -0.39 is 23.8 Å². The average molecular weight is 358 g/mol. The van der Waals surface area contributed by atoms with Gasteiger partial charge in [0.05, 0.1) is 23.9 Å². The molecule has 1 aromatic carbocycles. The molecule has 6 nitrogen and oxygen atoms in total. The molecule has 0 saturated carbocycles. The first-order valence-electron chi connectivity index (χ1n) is 7.59. The van der Waals surface area contributed by atoms with E-state index in [9.17, 15) is 23.1 Å². The van der Waals surface area contributed by atoms with Gasteiger partial charge in [0.15, 0.2) is 0 Å². The largest absolute Gasteiger partial charge is 0.416 e. The number of primary amides is 1. The van der Waals surface area contributed by atoms with Crippen LogP contribution in [0, 0.1) is 6.92 Å². The lowest BCUT2D eigenvalue weighted by molar-refractivity contribution is -0.137. The van der Waals surface area contributed by atoms with E-state index in [0.717, 1.165) is 12.1 Å². The van der Waals surface area contributed by atoms with Crippen LogP contribution in [0.1, 0.15) is 47.1 Å². The van der Waals surface area contributed by atoms with E-state index in [1.165, 1.54) is 23.7 Å². The Bertz CT molecular complexity index is 724. The summed E-state index contributed by atoms with van der Waals surface area (Å²) in [5.41, 5.74) is 10.8. The minimum Gasteiger partial charge on any atom is -0.386 e. The Morgan fingerprint density at radius 3 is 2.20 bits per heavy atom. The summed E-state index contributed by atoms with van der Waals surface area (Å²) in [5.74, 6) is -0.740. The molecule has 1 aromatic heterocycles. The van der Waals surface area contributed by atoms with Crippen LogP contribution in [0.4, 0.5) is 19.0 Å². The monoisotopic (exact) mass is 358 g/mol. The van der Waals surface area contributed by atoms with Crippen molar-refractivity contribution in [2.24, 2.45) is 5.73 Å². The van der Waals surface area contributed by atoms with Gasteiger partial charge in [-0.05, 0) is 24.6 Å². The van der Waals surface area contributed by atoms with Gasteiger partial charge >= 0.3 is 6.18 Å². The molecular weight excluding hydrogens is 337 g/mol. The molecule has 1 heterocycles. The molecule has 5 N–H and O–H groups in total. The van der Waals surface area contributed by atoms with Gasteiger partial charge in [-0.2, -0.15) is 18.3 Å². The summed E-state index contributed by atoms with van der Waals surface area (Å²) >= 11 is 0. The third-order valence-electron chi connectivity index (χ3n) is 3.38. The zero-order chi connectivity index (χ0) is 19.4. The highest BCUT2D eigenvalue weighted by molar-refractivity contribution is 5.98. The Kier molecular flexibility index (Phi) is 6.57. The van der Waals surface area contributed by atoms with Crippen molar-refractivity contribution in [2.45, 2.75) is 39.6 Å². The Morgan fingerprint density at radius 2 is 1.80 bits per heavy atom. The topological polar surface area (TPSA) is 107 Å². The van der Waals surface area contributed by atoms with E-state index in [2.05, 4.69) is 5.10 Å². The minimum absolute atomic E-state index is 0.000890. The Hall–Kier alpha value is -2.55. The molecule has 2 rings (SSSR count). The normalized spacial score (nSPS) is 12.3. The number of aromatic nitrogens is 2. The maximum Gasteiger partial charge on any atom is 0.416 e. The van der Waals surface area contributed by atoms with Gasteiger partial charge in [-0.1, -0.05) is 26.0 Å². The highest BCUT2D eigenvalue weighted by atomic mass is 19.4. The van der Waals surface area contributed by atoms with E-state index in [1.54, 1.807) is 0 Å². The molecule has 0 radical (unpaired) electrons. The van der Waals surface area contributed by atoms with Gasteiger partial charge in [0, 0.05) is 0 Å². The van der Waals surface area contributed by atoms with Crippen LogP contribution < -0.4 is 11.5 Å². The maximum atomic E-state index is 12.5. The third-order valence-corrected chi connectivity index (χ3v) is 3.38. The van der Waals surface area contributed by atoms with E-state index in [0.29, 0.717) is 5.69 Å². The molecule has 1 amide bonds. The number of halogens is 3. The van der Waals surface area contributed by atoms with Crippen LogP contribution in [-0.4, -0.2) is 20.8 Å². The third kappa shape index (κ3) is 4.72. The number of nitrogen functional groups attached to an aromatic ring is 1. The Balaban J connectivity index is 0.00000151. The standard InChI is InChI=1S/C14H15F3N4O2.C2H6/c1-7-11(13(19)23)12(18)21(20-7)6-10(22)8-2-4-9(5-3-8)14(15,16)17;1-2/h2-5,10,22H,6,18H2,1H3,(H2,19,23);1-2H3. The van der Waals surface area contributed by atoms with Crippen LogP contribution >= 0.6 is 0 Å². The number of benzene rings is 1. The second-order valence-corrected chi connectivity index (χ2v) is 5.03. The SMILES string of the molecule is CC.Cc1nn(CC(O)c2ccc(C(F)(F)F)cc2)c(N)c1C(N)=O. The van der Waals surface area contributed by atoms with Gasteiger partial charge in [-0.3, -0.25) is 4.79 Å². The van der Waals surface area contributed by atoms with Gasteiger partial charge in [0.1, 0.15) is 11.4 Å². The summed E-state index contributed by atoms with van der Waals surface area (Å²) in [6.45, 7) is 5.42. The first-order valence-corrected chi connectivity index (χ1v) is 7.59. The van der Waals surface area contributed by atoms with Crippen molar-refractivity contribution in [3.8, 4) is 0 Å². The number of anilines is 1. The lowest BCUT2D eigenvalue weighted by Crippen LogP contribution is -2.16. The van der Waals surface area contributed by atoms with Crippen molar-refractivity contribution in [1.29, 1.82) is 0 Å². The highest BCUT2D eigenvalue weighted by Crippen LogP contribution is 2.30. The average Bonchev–Trinajstić information content (AvgIpc) is 2.82. The van der Waals surface area contributed by atoms with E-state index >= 15 is 0 Å². The van der Waals surface area contributed by atoms with Crippen molar-refractivity contribution in [2.75, 3.05) is 5.73 Å². The number of amides is 1. The van der Waals surface area contributed by atoms with Crippen LogP contribution in [0.3, 0.4) is 0 Å². The van der Waals surface area contributed by atoms with Crippen LogP contribution in [-0.2, 0) is 12.7 Å². The van der Waals surface area contributed by atoms with E-state index in [1.807, 2.05) is 13.8 Å². The predicted octanol–water partition coefficient (Wildman–Crippen LogP) is 2.65. The zero-order valence-corrected chi connectivity index (χ0v) is 14.1. The number of aryl methyl sites for hydroxylation is 1. The van der Waals surface area contributed by atoms with Gasteiger partial charge in [0.25, 0.3) is 5.91 Å². The van der Waals surface area contributed by atoms with Gasteiger partial charge in [-0.15, -0.1) is 0 Å².